The molecule has 0 radical (unpaired) electrons. The Morgan fingerprint density at radius 3 is 2.43 bits per heavy atom. The molecule has 0 aromatic heterocycles. The van der Waals surface area contributed by atoms with Gasteiger partial charge < -0.3 is 0 Å². The molecule has 0 aromatic rings. The van der Waals surface area contributed by atoms with Gasteiger partial charge in [-0.2, -0.15) is 0 Å². The summed E-state index contributed by atoms with van der Waals surface area (Å²) in [6.45, 7) is 2.97. The van der Waals surface area contributed by atoms with Gasteiger partial charge in [0.05, 0.1) is 11.9 Å². The predicted octanol–water partition coefficient (Wildman–Crippen LogP) is 0.189. The highest BCUT2D eigenvalue weighted by Crippen LogP contribution is 1.79. The Morgan fingerprint density at radius 1 is 1.71 bits per heavy atom. The molecule has 0 aliphatic carbocycles. The summed E-state index contributed by atoms with van der Waals surface area (Å²) in [5, 5.41) is 0. The normalized spacial score (nSPS) is 10.1. The third-order valence-electron chi connectivity index (χ3n) is 0.687. The molecular weight excluding hydrogens is 110 g/mol. The van der Waals surface area contributed by atoms with Gasteiger partial charge in [0.15, 0.2) is 0 Å². The van der Waals surface area contributed by atoms with Gasteiger partial charge in [0.1, 0.15) is 0 Å². The molecule has 0 amide bonds. The minimum Gasteiger partial charge on any atom is -0.246 e. The van der Waals surface area contributed by atoms with E-state index in [1.54, 1.807) is 4.31 Å². The maximum absolute atomic E-state index is 9.92. The Hall–Kier alpha value is 0.110. The molecule has 0 saturated carbocycles. The lowest BCUT2D eigenvalue weighted by atomic mass is 10.5. The van der Waals surface area contributed by atoms with Crippen molar-refractivity contribution in [3.63, 3.8) is 0 Å². The summed E-state index contributed by atoms with van der Waals surface area (Å²) in [5.74, 6) is 0. The maximum Gasteiger partial charge on any atom is 0.0805 e. The van der Waals surface area contributed by atoms with Gasteiger partial charge >= 0.3 is 0 Å². The Kier molecular flexibility index (Phi) is 4.34. The Bertz CT molecular complexity index is 57.7. The number of hydrogen-bond donors (Lipinski definition) is 1. The van der Waals surface area contributed by atoms with E-state index in [2.05, 4.69) is 6.92 Å². The van der Waals surface area contributed by atoms with Crippen LogP contribution in [0.1, 0.15) is 13.3 Å². The van der Waals surface area contributed by atoms with Crippen LogP contribution in [0.4, 0.5) is 0 Å². The van der Waals surface area contributed by atoms with Crippen LogP contribution in [-0.2, 0) is 11.9 Å². The molecule has 0 unspecified atom stereocenters. The van der Waals surface area contributed by atoms with Crippen LogP contribution < -0.4 is 0 Å². The molecule has 7 heavy (non-hydrogen) atoms. The van der Waals surface area contributed by atoms with Crippen LogP contribution >= 0.6 is 0 Å². The molecule has 3 heteroatoms. The maximum atomic E-state index is 9.92. The summed E-state index contributed by atoms with van der Waals surface area (Å²) in [6, 6.07) is 0. The Labute approximate surface area is 48.1 Å². The van der Waals surface area contributed by atoms with Crippen molar-refractivity contribution in [1.82, 2.24) is 4.31 Å². The quantitative estimate of drug-likeness (QED) is 0.528. The zero-order valence-corrected chi connectivity index (χ0v) is 5.61. The van der Waals surface area contributed by atoms with Crippen LogP contribution in [-0.4, -0.2) is 22.1 Å². The van der Waals surface area contributed by atoms with Crippen LogP contribution in [0.5, 0.6) is 0 Å². The molecule has 0 aromatic carbocycles. The van der Waals surface area contributed by atoms with Crippen molar-refractivity contribution in [2.75, 3.05) is 13.6 Å². The van der Waals surface area contributed by atoms with Crippen LogP contribution in [0.25, 0.3) is 0 Å². The highest BCUT2D eigenvalue weighted by atomic mass is 32.2. The minimum atomic E-state index is 0.127. The molecule has 2 nitrogen and oxygen atoms in total. The van der Waals surface area contributed by atoms with Crippen molar-refractivity contribution in [3.05, 3.63) is 0 Å². The Morgan fingerprint density at radius 2 is 2.29 bits per heavy atom. The second-order valence-electron chi connectivity index (χ2n) is 1.46. The fourth-order valence-electron chi connectivity index (χ4n) is 0.364. The third-order valence-corrected chi connectivity index (χ3v) is 1.17. The molecule has 0 N–H and O–H groups in total. The first-order valence-electron chi connectivity index (χ1n) is 2.35. The topological polar surface area (TPSA) is 20.3 Å². The van der Waals surface area contributed by atoms with Crippen molar-refractivity contribution in [2.45, 2.75) is 13.3 Å². The summed E-state index contributed by atoms with van der Waals surface area (Å²) in [5.41, 5.74) is 0. The second kappa shape index (κ2) is 4.27. The standard InChI is InChI=1S/C4H11NOS/c1-3-4-5(2)7-6/h7H,3-4H2,1-2H3. The van der Waals surface area contributed by atoms with E-state index in [0.717, 1.165) is 13.0 Å². The summed E-state index contributed by atoms with van der Waals surface area (Å²) < 4.78 is 11.6. The fraction of sp³-hybridized carbons (Fsp3) is 1.00. The largest absolute Gasteiger partial charge is 0.246 e. The van der Waals surface area contributed by atoms with Gasteiger partial charge in [0, 0.05) is 6.54 Å². The highest BCUT2D eigenvalue weighted by Gasteiger charge is 1.86. The average Bonchev–Trinajstić information content (AvgIpc) is 1.68. The van der Waals surface area contributed by atoms with Gasteiger partial charge in [-0.1, -0.05) is 6.92 Å². The minimum absolute atomic E-state index is 0.127. The van der Waals surface area contributed by atoms with E-state index >= 15 is 0 Å². The molecule has 0 spiro atoms. The predicted molar refractivity (Wildman–Crippen MR) is 32.5 cm³/mol. The Balaban J connectivity index is 2.98. The number of thiol groups is 1. The van der Waals surface area contributed by atoms with Gasteiger partial charge in [-0.15, -0.1) is 0 Å². The molecule has 0 fully saturated rings. The van der Waals surface area contributed by atoms with Crippen LogP contribution in [0.2, 0.25) is 0 Å². The molecular formula is C4H11NOS. The lowest BCUT2D eigenvalue weighted by molar-refractivity contribution is 0.532. The van der Waals surface area contributed by atoms with Crippen molar-refractivity contribution >= 4 is 11.9 Å². The second-order valence-corrected chi connectivity index (χ2v) is 2.31. The van der Waals surface area contributed by atoms with Crippen molar-refractivity contribution < 1.29 is 4.21 Å². The smallest absolute Gasteiger partial charge is 0.0805 e. The molecule has 0 rings (SSSR count). The summed E-state index contributed by atoms with van der Waals surface area (Å²) in [6.07, 6.45) is 1.06. The lowest BCUT2D eigenvalue weighted by Crippen LogP contribution is -2.12. The number of nitrogens with zero attached hydrogens (tertiary/aromatic N) is 1. The van der Waals surface area contributed by atoms with Gasteiger partial charge in [-0.25, -0.2) is 8.51 Å². The first kappa shape index (κ1) is 7.11. The number of hydrogen-bond acceptors (Lipinski definition) is 1. The van der Waals surface area contributed by atoms with Crippen molar-refractivity contribution in [2.24, 2.45) is 0 Å². The van der Waals surface area contributed by atoms with Crippen LogP contribution in [0.3, 0.4) is 0 Å². The third kappa shape index (κ3) is 3.95. The summed E-state index contributed by atoms with van der Waals surface area (Å²) in [7, 11) is 1.82. The number of rotatable bonds is 3. The zero-order valence-electron chi connectivity index (χ0n) is 4.72. The first-order valence-corrected chi connectivity index (χ1v) is 3.12. The summed E-state index contributed by atoms with van der Waals surface area (Å²) >= 11 is 0.127. The average molecular weight is 121 g/mol. The molecule has 0 bridgehead atoms. The molecule has 0 aliphatic heterocycles. The van der Waals surface area contributed by atoms with E-state index in [1.165, 1.54) is 0 Å². The van der Waals surface area contributed by atoms with E-state index in [1.807, 2.05) is 7.05 Å². The van der Waals surface area contributed by atoms with E-state index in [4.69, 9.17) is 0 Å². The van der Waals surface area contributed by atoms with E-state index in [9.17, 15) is 4.21 Å². The first-order chi connectivity index (χ1) is 3.31. The molecule has 0 atom stereocenters. The van der Waals surface area contributed by atoms with Crippen LogP contribution in [0.15, 0.2) is 0 Å². The fourth-order valence-corrected chi connectivity index (χ4v) is 0.646. The van der Waals surface area contributed by atoms with E-state index in [-0.39, 0.29) is 11.9 Å². The van der Waals surface area contributed by atoms with Gasteiger partial charge in [-0.05, 0) is 13.5 Å². The molecule has 0 saturated heterocycles. The van der Waals surface area contributed by atoms with Crippen molar-refractivity contribution in [1.29, 1.82) is 0 Å². The van der Waals surface area contributed by atoms with Crippen LogP contribution in [0, 0.1) is 0 Å². The van der Waals surface area contributed by atoms with E-state index < -0.39 is 0 Å². The monoisotopic (exact) mass is 121 g/mol. The molecule has 0 aliphatic rings. The SMILES string of the molecule is CCCN(C)[SH]=O. The molecule has 0 heterocycles. The summed E-state index contributed by atoms with van der Waals surface area (Å²) in [4.78, 5) is 0. The van der Waals surface area contributed by atoms with E-state index in [0.29, 0.717) is 0 Å². The van der Waals surface area contributed by atoms with Gasteiger partial charge in [0.2, 0.25) is 0 Å². The highest BCUT2D eigenvalue weighted by molar-refractivity contribution is 7.62. The van der Waals surface area contributed by atoms with Crippen molar-refractivity contribution in [3.8, 4) is 0 Å². The molecule has 44 valence electrons. The van der Waals surface area contributed by atoms with Gasteiger partial charge in [-0.3, -0.25) is 0 Å². The zero-order chi connectivity index (χ0) is 5.70. The lowest BCUT2D eigenvalue weighted by Gasteiger charge is -2.02. The van der Waals surface area contributed by atoms with Gasteiger partial charge in [0.25, 0.3) is 0 Å².